The molecule has 7 heteroatoms. The zero-order valence-electron chi connectivity index (χ0n) is 15.3. The summed E-state index contributed by atoms with van der Waals surface area (Å²) in [5.41, 5.74) is 0.767. The van der Waals surface area contributed by atoms with Crippen LogP contribution >= 0.6 is 11.8 Å². The Morgan fingerprint density at radius 3 is 2.56 bits per heavy atom. The van der Waals surface area contributed by atoms with Gasteiger partial charge in [-0.05, 0) is 43.4 Å². The molecule has 1 amide bonds. The van der Waals surface area contributed by atoms with E-state index in [4.69, 9.17) is 0 Å². The highest BCUT2D eigenvalue weighted by Crippen LogP contribution is 2.28. The first kappa shape index (κ1) is 19.9. The van der Waals surface area contributed by atoms with Crippen LogP contribution in [0.2, 0.25) is 0 Å². The summed E-state index contributed by atoms with van der Waals surface area (Å²) in [4.78, 5) is 13.9. The van der Waals surface area contributed by atoms with E-state index < -0.39 is 10.0 Å². The van der Waals surface area contributed by atoms with Gasteiger partial charge in [0.1, 0.15) is 0 Å². The van der Waals surface area contributed by atoms with Gasteiger partial charge >= 0.3 is 0 Å². The van der Waals surface area contributed by atoms with Gasteiger partial charge in [0.25, 0.3) is 0 Å². The second kappa shape index (κ2) is 8.91. The molecular weight excluding hydrogens is 380 g/mol. The van der Waals surface area contributed by atoms with Crippen molar-refractivity contribution in [2.45, 2.75) is 41.5 Å². The summed E-state index contributed by atoms with van der Waals surface area (Å²) in [5, 5.41) is 2.94. The lowest BCUT2D eigenvalue weighted by molar-refractivity contribution is -0.117. The summed E-state index contributed by atoms with van der Waals surface area (Å²) in [5.74, 6) is -0.156. The van der Waals surface area contributed by atoms with Crippen molar-refractivity contribution < 1.29 is 13.2 Å². The zero-order valence-corrected chi connectivity index (χ0v) is 16.9. The maximum Gasteiger partial charge on any atom is 0.243 e. The molecule has 0 saturated carbocycles. The summed E-state index contributed by atoms with van der Waals surface area (Å²) in [6.45, 7) is 0.455. The molecule has 1 saturated heterocycles. The van der Waals surface area contributed by atoms with E-state index in [1.165, 1.54) is 4.31 Å². The lowest BCUT2D eigenvalue weighted by Gasteiger charge is -2.34. The van der Waals surface area contributed by atoms with Gasteiger partial charge in [-0.3, -0.25) is 4.79 Å². The fourth-order valence-corrected chi connectivity index (χ4v) is 5.65. The molecule has 5 nitrogen and oxygen atoms in total. The summed E-state index contributed by atoms with van der Waals surface area (Å²) in [6, 6.07) is 15.8. The third-order valence-corrected chi connectivity index (χ3v) is 7.49. The molecule has 1 aliphatic rings. The van der Waals surface area contributed by atoms with Crippen LogP contribution in [-0.4, -0.2) is 37.5 Å². The van der Waals surface area contributed by atoms with Crippen LogP contribution in [0.5, 0.6) is 0 Å². The Kier molecular flexibility index (Phi) is 6.57. The average molecular weight is 405 g/mol. The molecule has 2 aromatic carbocycles. The van der Waals surface area contributed by atoms with E-state index in [1.807, 2.05) is 30.5 Å². The number of rotatable bonds is 6. The van der Waals surface area contributed by atoms with Crippen LogP contribution in [0.4, 0.5) is 5.69 Å². The van der Waals surface area contributed by atoms with Crippen molar-refractivity contribution in [2.24, 2.45) is 0 Å². The Morgan fingerprint density at radius 1 is 1.11 bits per heavy atom. The number of hydrogen-bond donors (Lipinski definition) is 1. The number of nitrogens with one attached hydrogen (secondary N) is 1. The standard InChI is InChI=1S/C20H24N2O3S2/c1-26-19-13-6-5-12-18(19)21-20(23)15-16-9-7-8-14-22(16)27(24,25)17-10-3-2-4-11-17/h2-6,10-13,16H,7-9,14-15H2,1H3,(H,21,23). The van der Waals surface area contributed by atoms with E-state index in [0.29, 0.717) is 13.0 Å². The van der Waals surface area contributed by atoms with Gasteiger partial charge in [0.15, 0.2) is 0 Å². The third-order valence-electron chi connectivity index (χ3n) is 4.72. The maximum atomic E-state index is 13.0. The zero-order chi connectivity index (χ0) is 19.3. The van der Waals surface area contributed by atoms with E-state index in [-0.39, 0.29) is 23.3 Å². The molecule has 0 spiro atoms. The number of amides is 1. The second-order valence-electron chi connectivity index (χ2n) is 6.53. The molecule has 1 N–H and O–H groups in total. The molecule has 1 fully saturated rings. The first-order valence-electron chi connectivity index (χ1n) is 9.02. The first-order valence-corrected chi connectivity index (χ1v) is 11.7. The number of piperidine rings is 1. The molecule has 0 bridgehead atoms. The Morgan fingerprint density at radius 2 is 1.81 bits per heavy atom. The average Bonchev–Trinajstić information content (AvgIpc) is 2.69. The highest BCUT2D eigenvalue weighted by Gasteiger charge is 2.34. The minimum Gasteiger partial charge on any atom is -0.325 e. The van der Waals surface area contributed by atoms with Gasteiger partial charge in [0, 0.05) is 23.9 Å². The smallest absolute Gasteiger partial charge is 0.243 e. The molecule has 3 rings (SSSR count). The molecule has 144 valence electrons. The van der Waals surface area contributed by atoms with Crippen molar-refractivity contribution in [3.8, 4) is 0 Å². The normalized spacial score (nSPS) is 18.2. The summed E-state index contributed by atoms with van der Waals surface area (Å²) in [6.07, 6.45) is 4.57. The number of carbonyl (C=O) groups is 1. The molecule has 1 unspecified atom stereocenters. The van der Waals surface area contributed by atoms with Gasteiger partial charge in [0.2, 0.25) is 15.9 Å². The van der Waals surface area contributed by atoms with Gasteiger partial charge in [0.05, 0.1) is 10.6 Å². The number of thioether (sulfide) groups is 1. The number of para-hydroxylation sites is 1. The van der Waals surface area contributed by atoms with Crippen LogP contribution in [0, 0.1) is 0 Å². The lowest BCUT2D eigenvalue weighted by atomic mass is 10.0. The quantitative estimate of drug-likeness (QED) is 0.740. The minimum atomic E-state index is -3.59. The van der Waals surface area contributed by atoms with E-state index in [0.717, 1.165) is 23.4 Å². The first-order chi connectivity index (χ1) is 13.0. The van der Waals surface area contributed by atoms with Gasteiger partial charge in [-0.1, -0.05) is 36.8 Å². The molecule has 27 heavy (non-hydrogen) atoms. The number of benzene rings is 2. The highest BCUT2D eigenvalue weighted by atomic mass is 32.2. The molecular formula is C20H24N2O3S2. The Hall–Kier alpha value is -1.83. The summed E-state index contributed by atoms with van der Waals surface area (Å²) in [7, 11) is -3.59. The molecule has 0 aliphatic carbocycles. The predicted molar refractivity (Wildman–Crippen MR) is 109 cm³/mol. The van der Waals surface area contributed by atoms with Crippen LogP contribution in [0.25, 0.3) is 0 Å². The molecule has 1 heterocycles. The van der Waals surface area contributed by atoms with E-state index in [1.54, 1.807) is 42.1 Å². The van der Waals surface area contributed by atoms with Gasteiger partial charge in [-0.25, -0.2) is 8.42 Å². The van der Waals surface area contributed by atoms with Gasteiger partial charge in [-0.2, -0.15) is 4.31 Å². The number of carbonyl (C=O) groups excluding carboxylic acids is 1. The van der Waals surface area contributed by atoms with Crippen LogP contribution in [0.1, 0.15) is 25.7 Å². The third kappa shape index (κ3) is 4.72. The fourth-order valence-electron chi connectivity index (χ4n) is 3.39. The Balaban J connectivity index is 1.75. The SMILES string of the molecule is CSc1ccccc1NC(=O)CC1CCCCN1S(=O)(=O)c1ccccc1. The van der Waals surface area contributed by atoms with Crippen LogP contribution in [0.3, 0.4) is 0 Å². The number of hydrogen-bond acceptors (Lipinski definition) is 4. The van der Waals surface area contributed by atoms with E-state index in [2.05, 4.69) is 5.32 Å². The summed E-state index contributed by atoms with van der Waals surface area (Å²) < 4.78 is 27.6. The Bertz CT molecular complexity index is 885. The van der Waals surface area contributed by atoms with E-state index >= 15 is 0 Å². The van der Waals surface area contributed by atoms with Gasteiger partial charge in [-0.15, -0.1) is 11.8 Å². The van der Waals surface area contributed by atoms with Crippen molar-refractivity contribution >= 4 is 33.4 Å². The molecule has 1 atom stereocenters. The molecule has 0 aromatic heterocycles. The summed E-state index contributed by atoms with van der Waals surface area (Å²) >= 11 is 1.56. The van der Waals surface area contributed by atoms with Crippen molar-refractivity contribution in [3.05, 3.63) is 54.6 Å². The van der Waals surface area contributed by atoms with Crippen LogP contribution in [0.15, 0.2) is 64.4 Å². The van der Waals surface area contributed by atoms with Crippen molar-refractivity contribution in [1.82, 2.24) is 4.31 Å². The molecule has 1 aliphatic heterocycles. The van der Waals surface area contributed by atoms with Crippen molar-refractivity contribution in [2.75, 3.05) is 18.1 Å². The lowest BCUT2D eigenvalue weighted by Crippen LogP contribution is -2.45. The fraction of sp³-hybridized carbons (Fsp3) is 0.350. The maximum absolute atomic E-state index is 13.0. The van der Waals surface area contributed by atoms with Crippen molar-refractivity contribution in [1.29, 1.82) is 0 Å². The Labute approximate surface area is 165 Å². The number of anilines is 1. The molecule has 0 radical (unpaired) electrons. The monoisotopic (exact) mass is 404 g/mol. The predicted octanol–water partition coefficient (Wildman–Crippen LogP) is 3.98. The topological polar surface area (TPSA) is 66.5 Å². The minimum absolute atomic E-state index is 0.156. The number of nitrogens with zero attached hydrogens (tertiary/aromatic N) is 1. The number of sulfonamides is 1. The van der Waals surface area contributed by atoms with Gasteiger partial charge < -0.3 is 5.32 Å². The molecule has 2 aromatic rings. The second-order valence-corrected chi connectivity index (χ2v) is 9.27. The van der Waals surface area contributed by atoms with Crippen LogP contribution in [-0.2, 0) is 14.8 Å². The van der Waals surface area contributed by atoms with E-state index in [9.17, 15) is 13.2 Å². The largest absolute Gasteiger partial charge is 0.325 e. The van der Waals surface area contributed by atoms with Crippen LogP contribution < -0.4 is 5.32 Å². The van der Waals surface area contributed by atoms with Crippen molar-refractivity contribution in [3.63, 3.8) is 0 Å². The highest BCUT2D eigenvalue weighted by molar-refractivity contribution is 7.98.